The van der Waals surface area contributed by atoms with Gasteiger partial charge in [0.25, 0.3) is 10.0 Å². The number of methoxy groups -OCH3 is 2. The maximum atomic E-state index is 12.8. The lowest BCUT2D eigenvalue weighted by molar-refractivity contribution is -0.115. The minimum atomic E-state index is -4.00. The SMILES string of the molecule is COc1ccccc1CC(=O)Nc1cc(S(=O)(=O)Nc2ccccc2OC)ccc1O. The summed E-state index contributed by atoms with van der Waals surface area (Å²) in [6, 6.07) is 17.2. The molecule has 0 saturated heterocycles. The van der Waals surface area contributed by atoms with Crippen LogP contribution in [0.4, 0.5) is 11.4 Å². The van der Waals surface area contributed by atoms with Crippen molar-refractivity contribution in [3.63, 3.8) is 0 Å². The lowest BCUT2D eigenvalue weighted by Gasteiger charge is -2.14. The van der Waals surface area contributed by atoms with Gasteiger partial charge in [0.2, 0.25) is 5.91 Å². The van der Waals surface area contributed by atoms with E-state index in [9.17, 15) is 18.3 Å². The zero-order chi connectivity index (χ0) is 22.4. The predicted octanol–water partition coefficient (Wildman–Crippen LogP) is 3.39. The number of benzene rings is 3. The molecule has 9 heteroatoms. The largest absolute Gasteiger partial charge is 0.506 e. The number of para-hydroxylation sites is 3. The van der Waals surface area contributed by atoms with E-state index in [4.69, 9.17) is 9.47 Å². The van der Waals surface area contributed by atoms with Crippen LogP contribution in [0.5, 0.6) is 17.2 Å². The zero-order valence-corrected chi connectivity index (χ0v) is 17.8. The average molecular weight is 442 g/mol. The molecular formula is C22H22N2O6S. The summed E-state index contributed by atoms with van der Waals surface area (Å²) in [5, 5.41) is 12.7. The van der Waals surface area contributed by atoms with Crippen molar-refractivity contribution in [1.82, 2.24) is 0 Å². The van der Waals surface area contributed by atoms with Gasteiger partial charge in [-0.3, -0.25) is 9.52 Å². The van der Waals surface area contributed by atoms with Gasteiger partial charge in [-0.15, -0.1) is 0 Å². The zero-order valence-electron chi connectivity index (χ0n) is 17.0. The first-order valence-corrected chi connectivity index (χ1v) is 10.7. The Morgan fingerprint density at radius 2 is 1.55 bits per heavy atom. The number of ether oxygens (including phenoxy) is 2. The number of anilines is 2. The van der Waals surface area contributed by atoms with Gasteiger partial charge in [-0.25, -0.2) is 8.42 Å². The van der Waals surface area contributed by atoms with Gasteiger partial charge in [0.1, 0.15) is 17.2 Å². The van der Waals surface area contributed by atoms with Crippen molar-refractivity contribution in [2.24, 2.45) is 0 Å². The van der Waals surface area contributed by atoms with E-state index in [-0.39, 0.29) is 28.4 Å². The highest BCUT2D eigenvalue weighted by atomic mass is 32.2. The van der Waals surface area contributed by atoms with E-state index in [1.165, 1.54) is 32.4 Å². The van der Waals surface area contributed by atoms with Crippen LogP contribution in [0.2, 0.25) is 0 Å². The number of nitrogens with one attached hydrogen (secondary N) is 2. The second-order valence-corrected chi connectivity index (χ2v) is 8.20. The summed E-state index contributed by atoms with van der Waals surface area (Å²) in [5.74, 6) is 0.214. The molecule has 162 valence electrons. The molecule has 0 aliphatic carbocycles. The lowest BCUT2D eigenvalue weighted by Crippen LogP contribution is -2.17. The molecule has 0 fully saturated rings. The van der Waals surface area contributed by atoms with Gasteiger partial charge in [0.05, 0.1) is 36.9 Å². The minimum Gasteiger partial charge on any atom is -0.506 e. The normalized spacial score (nSPS) is 10.9. The molecule has 0 atom stereocenters. The summed E-state index contributed by atoms with van der Waals surface area (Å²) in [7, 11) is -1.06. The summed E-state index contributed by atoms with van der Waals surface area (Å²) in [6.45, 7) is 0. The van der Waals surface area contributed by atoms with E-state index in [2.05, 4.69) is 10.0 Å². The summed E-state index contributed by atoms with van der Waals surface area (Å²) in [5.41, 5.74) is 0.895. The first-order valence-electron chi connectivity index (χ1n) is 9.24. The standard InChI is InChI=1S/C22H22N2O6S/c1-29-20-9-5-3-7-15(20)13-22(26)23-18-14-16(11-12-19(18)25)31(27,28)24-17-8-4-6-10-21(17)30-2/h3-12,14,24-25H,13H2,1-2H3,(H,23,26). The van der Waals surface area contributed by atoms with Crippen molar-refractivity contribution in [2.75, 3.05) is 24.3 Å². The quantitative estimate of drug-likeness (QED) is 0.461. The van der Waals surface area contributed by atoms with Crippen LogP contribution in [0, 0.1) is 0 Å². The van der Waals surface area contributed by atoms with E-state index in [1.807, 2.05) is 0 Å². The van der Waals surface area contributed by atoms with E-state index in [0.29, 0.717) is 17.1 Å². The van der Waals surface area contributed by atoms with Crippen LogP contribution in [0.15, 0.2) is 71.6 Å². The summed E-state index contributed by atoms with van der Waals surface area (Å²) >= 11 is 0. The molecule has 0 radical (unpaired) electrons. The molecule has 8 nitrogen and oxygen atoms in total. The molecule has 0 aromatic heterocycles. The maximum absolute atomic E-state index is 12.8. The van der Waals surface area contributed by atoms with E-state index < -0.39 is 15.9 Å². The fourth-order valence-corrected chi connectivity index (χ4v) is 4.03. The molecule has 0 aliphatic rings. The number of phenols is 1. The smallest absolute Gasteiger partial charge is 0.262 e. The number of carbonyl (C=O) groups excluding carboxylic acids is 1. The van der Waals surface area contributed by atoms with E-state index in [1.54, 1.807) is 48.5 Å². The molecule has 0 bridgehead atoms. The third-order valence-corrected chi connectivity index (χ3v) is 5.81. The Morgan fingerprint density at radius 3 is 2.26 bits per heavy atom. The molecule has 3 aromatic rings. The molecule has 31 heavy (non-hydrogen) atoms. The van der Waals surface area contributed by atoms with Crippen molar-refractivity contribution < 1.29 is 27.8 Å². The van der Waals surface area contributed by atoms with Crippen molar-refractivity contribution in [3.8, 4) is 17.2 Å². The van der Waals surface area contributed by atoms with Crippen LogP contribution in [-0.4, -0.2) is 33.7 Å². The first kappa shape index (κ1) is 22.0. The molecule has 0 spiro atoms. The van der Waals surface area contributed by atoms with Gasteiger partial charge in [0.15, 0.2) is 0 Å². The number of amides is 1. The Morgan fingerprint density at radius 1 is 0.903 bits per heavy atom. The third-order valence-electron chi connectivity index (χ3n) is 4.45. The summed E-state index contributed by atoms with van der Waals surface area (Å²) in [6.07, 6.45) is -0.0140. The van der Waals surface area contributed by atoms with Crippen molar-refractivity contribution in [2.45, 2.75) is 11.3 Å². The molecule has 1 amide bonds. The van der Waals surface area contributed by atoms with Crippen molar-refractivity contribution in [3.05, 3.63) is 72.3 Å². The van der Waals surface area contributed by atoms with Crippen LogP contribution in [0.25, 0.3) is 0 Å². The average Bonchev–Trinajstić information content (AvgIpc) is 2.75. The monoisotopic (exact) mass is 442 g/mol. The van der Waals surface area contributed by atoms with Crippen LogP contribution in [0.3, 0.4) is 0 Å². The Balaban J connectivity index is 1.81. The van der Waals surface area contributed by atoms with Crippen LogP contribution in [-0.2, 0) is 21.2 Å². The fourth-order valence-electron chi connectivity index (χ4n) is 2.93. The molecular weight excluding hydrogens is 420 g/mol. The van der Waals surface area contributed by atoms with Crippen LogP contribution < -0.4 is 19.5 Å². The number of sulfonamides is 1. The van der Waals surface area contributed by atoms with Gasteiger partial charge in [0, 0.05) is 5.56 Å². The van der Waals surface area contributed by atoms with Crippen molar-refractivity contribution in [1.29, 1.82) is 0 Å². The highest BCUT2D eigenvalue weighted by Gasteiger charge is 2.19. The van der Waals surface area contributed by atoms with Gasteiger partial charge < -0.3 is 19.9 Å². The van der Waals surface area contributed by atoms with Crippen LogP contribution in [0.1, 0.15) is 5.56 Å². The second-order valence-electron chi connectivity index (χ2n) is 6.52. The topological polar surface area (TPSA) is 114 Å². The minimum absolute atomic E-state index is 0.0140. The Labute approximate surface area is 180 Å². The first-order chi connectivity index (χ1) is 14.8. The number of rotatable bonds is 8. The summed E-state index contributed by atoms with van der Waals surface area (Å²) in [4.78, 5) is 12.3. The molecule has 0 aliphatic heterocycles. The fraction of sp³-hybridized carbons (Fsp3) is 0.136. The molecule has 3 N–H and O–H groups in total. The molecule has 0 unspecified atom stereocenters. The number of hydrogen-bond donors (Lipinski definition) is 3. The predicted molar refractivity (Wildman–Crippen MR) is 117 cm³/mol. The van der Waals surface area contributed by atoms with Crippen molar-refractivity contribution >= 4 is 27.3 Å². The summed E-state index contributed by atoms with van der Waals surface area (Å²) < 4.78 is 38.5. The van der Waals surface area contributed by atoms with Gasteiger partial charge in [-0.05, 0) is 36.4 Å². The third kappa shape index (κ3) is 5.26. The van der Waals surface area contributed by atoms with E-state index in [0.717, 1.165) is 0 Å². The lowest BCUT2D eigenvalue weighted by atomic mass is 10.1. The Bertz CT molecular complexity index is 1190. The van der Waals surface area contributed by atoms with Gasteiger partial charge >= 0.3 is 0 Å². The number of aromatic hydroxyl groups is 1. The van der Waals surface area contributed by atoms with E-state index >= 15 is 0 Å². The Hall–Kier alpha value is -3.72. The second kappa shape index (κ2) is 9.40. The molecule has 0 saturated carbocycles. The van der Waals surface area contributed by atoms with Gasteiger partial charge in [-0.1, -0.05) is 30.3 Å². The van der Waals surface area contributed by atoms with Gasteiger partial charge in [-0.2, -0.15) is 0 Å². The molecule has 3 rings (SSSR count). The number of hydrogen-bond acceptors (Lipinski definition) is 6. The van der Waals surface area contributed by atoms with Crippen LogP contribution >= 0.6 is 0 Å². The number of carbonyl (C=O) groups is 1. The highest BCUT2D eigenvalue weighted by Crippen LogP contribution is 2.30. The Kier molecular flexibility index (Phi) is 6.66. The molecule has 0 heterocycles. The maximum Gasteiger partial charge on any atom is 0.262 e. The highest BCUT2D eigenvalue weighted by molar-refractivity contribution is 7.92. The number of phenolic OH excluding ortho intramolecular Hbond substituents is 1. The molecule has 3 aromatic carbocycles.